The number of nitrogens with one attached hydrogen (secondary N) is 1. The molecule has 1 heterocycles. The highest BCUT2D eigenvalue weighted by Crippen LogP contribution is 2.25. The Balaban J connectivity index is 1.92. The molecule has 0 radical (unpaired) electrons. The van der Waals surface area contributed by atoms with Crippen molar-refractivity contribution in [1.29, 1.82) is 0 Å². The van der Waals surface area contributed by atoms with E-state index < -0.39 is 5.97 Å². The van der Waals surface area contributed by atoms with E-state index in [9.17, 15) is 9.59 Å². The van der Waals surface area contributed by atoms with Crippen molar-refractivity contribution in [1.82, 2.24) is 10.5 Å². The van der Waals surface area contributed by atoms with Crippen LogP contribution < -0.4 is 5.32 Å². The van der Waals surface area contributed by atoms with Crippen LogP contribution in [-0.2, 0) is 9.53 Å². The van der Waals surface area contributed by atoms with E-state index in [0.717, 1.165) is 31.2 Å². The van der Waals surface area contributed by atoms with Gasteiger partial charge in [0.25, 0.3) is 5.91 Å². The average molecular weight is 358 g/mol. The number of aromatic nitrogens is 1. The van der Waals surface area contributed by atoms with Crippen molar-refractivity contribution < 1.29 is 18.8 Å². The lowest BCUT2D eigenvalue weighted by atomic mass is 10.1. The molecule has 1 amide bonds. The summed E-state index contributed by atoms with van der Waals surface area (Å²) in [5, 5.41) is 6.79. The van der Waals surface area contributed by atoms with Crippen LogP contribution in [0.15, 0.2) is 34.9 Å². The number of benzene rings is 1. The first-order valence-corrected chi connectivity index (χ1v) is 9.01. The number of aryl methyl sites for hydroxylation is 1. The van der Waals surface area contributed by atoms with Gasteiger partial charge in [0.1, 0.15) is 17.0 Å². The Kier molecular flexibility index (Phi) is 7.38. The van der Waals surface area contributed by atoms with Gasteiger partial charge >= 0.3 is 5.97 Å². The standard InChI is InChI=1S/C20H26N2O4/c1-4-5-7-10-14(2)21-17(23)13-25-20(24)18-15(3)26-22-19(18)16-11-8-6-9-12-16/h6,8-9,11-12,14H,4-5,7,10,13H2,1-3H3,(H,21,23)/t14-/m1/s1. The minimum absolute atomic E-state index is 0.0601. The number of carbonyl (C=O) groups is 2. The number of nitrogens with zero attached hydrogens (tertiary/aromatic N) is 1. The molecule has 2 rings (SSSR count). The van der Waals surface area contributed by atoms with E-state index in [2.05, 4.69) is 17.4 Å². The fourth-order valence-electron chi connectivity index (χ4n) is 2.70. The van der Waals surface area contributed by atoms with Crippen LogP contribution in [0.5, 0.6) is 0 Å². The summed E-state index contributed by atoms with van der Waals surface area (Å²) in [6.45, 7) is 5.41. The van der Waals surface area contributed by atoms with Gasteiger partial charge in [-0.05, 0) is 20.3 Å². The van der Waals surface area contributed by atoms with E-state index in [0.29, 0.717) is 11.5 Å². The summed E-state index contributed by atoms with van der Waals surface area (Å²) < 4.78 is 10.3. The first kappa shape index (κ1) is 19.7. The lowest BCUT2D eigenvalue weighted by Crippen LogP contribution is -2.35. The number of carbonyl (C=O) groups excluding carboxylic acids is 2. The van der Waals surface area contributed by atoms with Crippen LogP contribution >= 0.6 is 0 Å². The van der Waals surface area contributed by atoms with Crippen LogP contribution in [0.2, 0.25) is 0 Å². The molecule has 0 fully saturated rings. The van der Waals surface area contributed by atoms with E-state index >= 15 is 0 Å². The van der Waals surface area contributed by atoms with Gasteiger partial charge in [0.05, 0.1) is 0 Å². The number of rotatable bonds is 9. The lowest BCUT2D eigenvalue weighted by molar-refractivity contribution is -0.124. The van der Waals surface area contributed by atoms with Crippen molar-refractivity contribution in [2.75, 3.05) is 6.61 Å². The number of esters is 1. The molecule has 0 unspecified atom stereocenters. The van der Waals surface area contributed by atoms with E-state index in [1.165, 1.54) is 0 Å². The van der Waals surface area contributed by atoms with Crippen LogP contribution in [0.3, 0.4) is 0 Å². The summed E-state index contributed by atoms with van der Waals surface area (Å²) in [6, 6.07) is 9.30. The molecule has 0 bridgehead atoms. The third-order valence-corrected chi connectivity index (χ3v) is 4.10. The van der Waals surface area contributed by atoms with Gasteiger partial charge < -0.3 is 14.6 Å². The SMILES string of the molecule is CCCCC[C@@H](C)NC(=O)COC(=O)c1c(-c2ccccc2)noc1C. The van der Waals surface area contributed by atoms with Crippen molar-refractivity contribution in [2.45, 2.75) is 52.5 Å². The Morgan fingerprint density at radius 3 is 2.65 bits per heavy atom. The predicted octanol–water partition coefficient (Wildman–Crippen LogP) is 3.89. The van der Waals surface area contributed by atoms with Crippen molar-refractivity contribution in [3.8, 4) is 11.3 Å². The molecule has 0 saturated heterocycles. The highest BCUT2D eigenvalue weighted by atomic mass is 16.5. The molecule has 0 aliphatic carbocycles. The van der Waals surface area contributed by atoms with Crippen LogP contribution in [0.1, 0.15) is 55.6 Å². The smallest absolute Gasteiger partial charge is 0.344 e. The Morgan fingerprint density at radius 2 is 1.96 bits per heavy atom. The van der Waals surface area contributed by atoms with E-state index in [4.69, 9.17) is 9.26 Å². The molecule has 1 N–H and O–H groups in total. The number of ether oxygens (including phenoxy) is 1. The Hall–Kier alpha value is -2.63. The number of hydrogen-bond donors (Lipinski definition) is 1. The topological polar surface area (TPSA) is 81.4 Å². The van der Waals surface area contributed by atoms with Crippen LogP contribution in [0.4, 0.5) is 0 Å². The second-order valence-corrected chi connectivity index (χ2v) is 6.37. The fraction of sp³-hybridized carbons (Fsp3) is 0.450. The maximum absolute atomic E-state index is 12.4. The maximum atomic E-state index is 12.4. The van der Waals surface area contributed by atoms with Gasteiger partial charge in [0.2, 0.25) is 0 Å². The summed E-state index contributed by atoms with van der Waals surface area (Å²) in [7, 11) is 0. The average Bonchev–Trinajstić information content (AvgIpc) is 3.02. The number of unbranched alkanes of at least 4 members (excludes halogenated alkanes) is 2. The van der Waals surface area contributed by atoms with Gasteiger partial charge in [-0.3, -0.25) is 4.79 Å². The molecule has 1 atom stereocenters. The first-order valence-electron chi connectivity index (χ1n) is 9.01. The zero-order chi connectivity index (χ0) is 18.9. The molecule has 2 aromatic rings. The Labute approximate surface area is 153 Å². The Bertz CT molecular complexity index is 725. The molecular weight excluding hydrogens is 332 g/mol. The first-order chi connectivity index (χ1) is 12.5. The van der Waals surface area contributed by atoms with Crippen molar-refractivity contribution >= 4 is 11.9 Å². The molecule has 26 heavy (non-hydrogen) atoms. The van der Waals surface area contributed by atoms with Gasteiger partial charge in [0, 0.05) is 11.6 Å². The van der Waals surface area contributed by atoms with Gasteiger partial charge in [-0.25, -0.2) is 4.79 Å². The minimum atomic E-state index is -0.614. The summed E-state index contributed by atoms with van der Waals surface area (Å²) >= 11 is 0. The monoisotopic (exact) mass is 358 g/mol. The van der Waals surface area contributed by atoms with E-state index in [1.54, 1.807) is 6.92 Å². The van der Waals surface area contributed by atoms with E-state index in [1.807, 2.05) is 37.3 Å². The Morgan fingerprint density at radius 1 is 1.23 bits per heavy atom. The quantitative estimate of drug-likeness (QED) is 0.543. The van der Waals surface area contributed by atoms with Crippen LogP contribution in [0, 0.1) is 6.92 Å². The minimum Gasteiger partial charge on any atom is -0.452 e. The predicted molar refractivity (Wildman–Crippen MR) is 98.7 cm³/mol. The second kappa shape index (κ2) is 9.75. The molecular formula is C20H26N2O4. The van der Waals surface area contributed by atoms with Gasteiger partial charge in [0.15, 0.2) is 6.61 Å². The highest BCUT2D eigenvalue weighted by molar-refractivity contribution is 5.98. The zero-order valence-electron chi connectivity index (χ0n) is 15.6. The van der Waals surface area contributed by atoms with Crippen molar-refractivity contribution in [2.24, 2.45) is 0 Å². The largest absolute Gasteiger partial charge is 0.452 e. The van der Waals surface area contributed by atoms with Gasteiger partial charge in [-0.2, -0.15) is 0 Å². The highest BCUT2D eigenvalue weighted by Gasteiger charge is 2.23. The number of hydrogen-bond acceptors (Lipinski definition) is 5. The zero-order valence-corrected chi connectivity index (χ0v) is 15.6. The normalized spacial score (nSPS) is 11.8. The molecule has 6 nitrogen and oxygen atoms in total. The molecule has 1 aromatic heterocycles. The van der Waals surface area contributed by atoms with Crippen LogP contribution in [0.25, 0.3) is 11.3 Å². The third kappa shape index (κ3) is 5.44. The van der Waals surface area contributed by atoms with Crippen molar-refractivity contribution in [3.05, 3.63) is 41.7 Å². The lowest BCUT2D eigenvalue weighted by Gasteiger charge is -2.13. The van der Waals surface area contributed by atoms with Gasteiger partial charge in [-0.15, -0.1) is 0 Å². The maximum Gasteiger partial charge on any atom is 0.344 e. The molecule has 6 heteroatoms. The molecule has 1 aromatic carbocycles. The molecule has 0 aliphatic rings. The fourth-order valence-corrected chi connectivity index (χ4v) is 2.70. The van der Waals surface area contributed by atoms with E-state index in [-0.39, 0.29) is 24.1 Å². The number of amides is 1. The third-order valence-electron chi connectivity index (χ3n) is 4.10. The molecule has 0 aliphatic heterocycles. The summed E-state index contributed by atoms with van der Waals surface area (Å²) in [4.78, 5) is 24.4. The molecule has 0 saturated carbocycles. The second-order valence-electron chi connectivity index (χ2n) is 6.37. The summed E-state index contributed by atoms with van der Waals surface area (Å²) in [6.07, 6.45) is 4.26. The summed E-state index contributed by atoms with van der Waals surface area (Å²) in [5.41, 5.74) is 1.42. The molecule has 0 spiro atoms. The van der Waals surface area contributed by atoms with Crippen molar-refractivity contribution in [3.63, 3.8) is 0 Å². The van der Waals surface area contributed by atoms with Crippen LogP contribution in [-0.4, -0.2) is 29.7 Å². The summed E-state index contributed by atoms with van der Waals surface area (Å²) in [5.74, 6) is -0.559. The molecule has 140 valence electrons. The van der Waals surface area contributed by atoms with Gasteiger partial charge in [-0.1, -0.05) is 61.7 Å².